The molecule has 0 amide bonds. The minimum absolute atomic E-state index is 0.361. The molecule has 0 aliphatic carbocycles. The maximum absolute atomic E-state index is 9.01. The highest BCUT2D eigenvalue weighted by Crippen LogP contribution is 2.39. The molecule has 0 bridgehead atoms. The first-order valence-electron chi connectivity index (χ1n) is 7.38. The highest BCUT2D eigenvalue weighted by Gasteiger charge is 2.52. The first-order valence-corrected chi connectivity index (χ1v) is 8.01. The van der Waals surface area contributed by atoms with Crippen molar-refractivity contribution in [2.75, 3.05) is 5.75 Å². The SMILES string of the molecule is Cc1cc(C=C(CS)B2OC(C)(C)C(C)(C)O2)ccc1C#N. The number of benzene rings is 1. The van der Waals surface area contributed by atoms with Gasteiger partial charge in [-0.2, -0.15) is 17.9 Å². The summed E-state index contributed by atoms with van der Waals surface area (Å²) in [5.41, 5.74) is 2.94. The standard InChI is InChI=1S/C17H22BNO2S/c1-12-8-13(6-7-14(12)10-19)9-15(11-22)18-20-16(2,3)17(4,5)21-18/h6-9,22H,11H2,1-5H3. The lowest BCUT2D eigenvalue weighted by molar-refractivity contribution is 0.00578. The third-order valence-electron chi connectivity index (χ3n) is 4.46. The van der Waals surface area contributed by atoms with Gasteiger partial charge in [-0.05, 0) is 57.3 Å². The quantitative estimate of drug-likeness (QED) is 0.681. The van der Waals surface area contributed by atoms with E-state index in [-0.39, 0.29) is 11.2 Å². The zero-order valence-electron chi connectivity index (χ0n) is 13.8. The van der Waals surface area contributed by atoms with Crippen LogP contribution in [0.25, 0.3) is 6.08 Å². The molecule has 1 aliphatic rings. The van der Waals surface area contributed by atoms with Crippen LogP contribution in [0.5, 0.6) is 0 Å². The van der Waals surface area contributed by atoms with Crippen molar-refractivity contribution in [2.24, 2.45) is 0 Å². The number of rotatable bonds is 3. The van der Waals surface area contributed by atoms with Crippen LogP contribution in [0.4, 0.5) is 0 Å². The van der Waals surface area contributed by atoms with Gasteiger partial charge >= 0.3 is 7.12 Å². The van der Waals surface area contributed by atoms with Crippen molar-refractivity contribution in [2.45, 2.75) is 45.8 Å². The van der Waals surface area contributed by atoms with Crippen LogP contribution in [0.15, 0.2) is 23.7 Å². The van der Waals surface area contributed by atoms with E-state index in [4.69, 9.17) is 14.6 Å². The minimum Gasteiger partial charge on any atom is -0.400 e. The topological polar surface area (TPSA) is 42.2 Å². The van der Waals surface area contributed by atoms with Crippen LogP contribution in [0.1, 0.15) is 44.4 Å². The number of hydrogen-bond donors (Lipinski definition) is 1. The zero-order valence-corrected chi connectivity index (χ0v) is 14.7. The van der Waals surface area contributed by atoms with Gasteiger partial charge < -0.3 is 9.31 Å². The van der Waals surface area contributed by atoms with E-state index in [1.54, 1.807) is 0 Å². The van der Waals surface area contributed by atoms with E-state index in [2.05, 4.69) is 18.7 Å². The van der Waals surface area contributed by atoms with Gasteiger partial charge in [0.25, 0.3) is 0 Å². The van der Waals surface area contributed by atoms with Gasteiger partial charge in [0, 0.05) is 5.75 Å². The van der Waals surface area contributed by atoms with E-state index in [0.717, 1.165) is 16.6 Å². The summed E-state index contributed by atoms with van der Waals surface area (Å²) in [5.74, 6) is 0.551. The molecule has 116 valence electrons. The predicted octanol–water partition coefficient (Wildman–Crippen LogP) is 3.81. The average Bonchev–Trinajstić information content (AvgIpc) is 2.65. The molecule has 0 unspecified atom stereocenters. The molecule has 1 heterocycles. The molecule has 1 saturated heterocycles. The third-order valence-corrected chi connectivity index (χ3v) is 4.83. The summed E-state index contributed by atoms with van der Waals surface area (Å²) in [4.78, 5) is 0. The van der Waals surface area contributed by atoms with Gasteiger partial charge in [-0.25, -0.2) is 0 Å². The first-order chi connectivity index (χ1) is 10.2. The van der Waals surface area contributed by atoms with Crippen molar-refractivity contribution in [3.8, 4) is 6.07 Å². The molecule has 1 aromatic carbocycles. The second kappa shape index (κ2) is 6.12. The number of nitrogens with zero attached hydrogens (tertiary/aromatic N) is 1. The van der Waals surface area contributed by atoms with Gasteiger partial charge in [-0.3, -0.25) is 0 Å². The molecule has 5 heteroatoms. The molecule has 1 aliphatic heterocycles. The normalized spacial score (nSPS) is 20.0. The fourth-order valence-corrected chi connectivity index (χ4v) is 2.54. The molecule has 3 nitrogen and oxygen atoms in total. The molecule has 0 atom stereocenters. The lowest BCUT2D eigenvalue weighted by atomic mass is 9.78. The maximum Gasteiger partial charge on any atom is 0.491 e. The summed E-state index contributed by atoms with van der Waals surface area (Å²) in [6.45, 7) is 10.1. The molecule has 22 heavy (non-hydrogen) atoms. The van der Waals surface area contributed by atoms with Crippen LogP contribution < -0.4 is 0 Å². The van der Waals surface area contributed by atoms with Gasteiger partial charge in [-0.15, -0.1) is 0 Å². The zero-order chi connectivity index (χ0) is 16.5. The predicted molar refractivity (Wildman–Crippen MR) is 93.8 cm³/mol. The van der Waals surface area contributed by atoms with Crippen molar-refractivity contribution in [3.63, 3.8) is 0 Å². The fourth-order valence-electron chi connectivity index (χ4n) is 2.30. The molecule has 0 radical (unpaired) electrons. The highest BCUT2D eigenvalue weighted by atomic mass is 32.1. The van der Waals surface area contributed by atoms with Crippen LogP contribution in [-0.2, 0) is 9.31 Å². The van der Waals surface area contributed by atoms with Crippen LogP contribution in [0.2, 0.25) is 0 Å². The monoisotopic (exact) mass is 315 g/mol. The lowest BCUT2D eigenvalue weighted by Gasteiger charge is -2.32. The van der Waals surface area contributed by atoms with E-state index in [9.17, 15) is 0 Å². The Hall–Kier alpha value is -1.22. The van der Waals surface area contributed by atoms with Crippen molar-refractivity contribution < 1.29 is 9.31 Å². The number of thiol groups is 1. The molecule has 0 aromatic heterocycles. The second-order valence-electron chi connectivity index (χ2n) is 6.65. The van der Waals surface area contributed by atoms with E-state index in [0.29, 0.717) is 11.3 Å². The van der Waals surface area contributed by atoms with Crippen LogP contribution in [0.3, 0.4) is 0 Å². The van der Waals surface area contributed by atoms with Gasteiger partial charge in [0.1, 0.15) is 0 Å². The highest BCUT2D eigenvalue weighted by molar-refractivity contribution is 7.80. The van der Waals surface area contributed by atoms with Gasteiger partial charge in [0.15, 0.2) is 0 Å². The van der Waals surface area contributed by atoms with E-state index in [1.807, 2.05) is 58.9 Å². The summed E-state index contributed by atoms with van der Waals surface area (Å²) in [6.07, 6.45) is 2.03. The summed E-state index contributed by atoms with van der Waals surface area (Å²) < 4.78 is 12.1. The van der Waals surface area contributed by atoms with E-state index >= 15 is 0 Å². The molecule has 2 rings (SSSR count). The van der Waals surface area contributed by atoms with Crippen molar-refractivity contribution >= 4 is 25.8 Å². The van der Waals surface area contributed by atoms with E-state index < -0.39 is 7.12 Å². The Kier molecular flexibility index (Phi) is 4.77. The number of nitriles is 1. The van der Waals surface area contributed by atoms with Gasteiger partial charge in [-0.1, -0.05) is 18.2 Å². The number of aryl methyl sites for hydroxylation is 1. The Bertz CT molecular complexity index is 631. The van der Waals surface area contributed by atoms with Gasteiger partial charge in [0.05, 0.1) is 22.8 Å². The lowest BCUT2D eigenvalue weighted by Crippen LogP contribution is -2.41. The first kappa shape index (κ1) is 17.1. The smallest absolute Gasteiger partial charge is 0.400 e. The molecule has 1 aromatic rings. The van der Waals surface area contributed by atoms with Crippen molar-refractivity contribution in [1.82, 2.24) is 0 Å². The van der Waals surface area contributed by atoms with Crippen LogP contribution in [-0.4, -0.2) is 24.1 Å². The summed E-state index contributed by atoms with van der Waals surface area (Å²) >= 11 is 4.42. The van der Waals surface area contributed by atoms with Crippen LogP contribution in [0, 0.1) is 18.3 Å². The Morgan fingerprint density at radius 1 is 1.27 bits per heavy atom. The number of hydrogen-bond acceptors (Lipinski definition) is 4. The average molecular weight is 315 g/mol. The van der Waals surface area contributed by atoms with Crippen LogP contribution >= 0.6 is 12.6 Å². The second-order valence-corrected chi connectivity index (χ2v) is 6.97. The van der Waals surface area contributed by atoms with Crippen molar-refractivity contribution in [1.29, 1.82) is 5.26 Å². The fraction of sp³-hybridized carbons (Fsp3) is 0.471. The Balaban J connectivity index is 2.30. The molecular weight excluding hydrogens is 293 g/mol. The molecule has 1 fully saturated rings. The summed E-state index contributed by atoms with van der Waals surface area (Å²) in [6, 6.07) is 7.94. The minimum atomic E-state index is -0.390. The van der Waals surface area contributed by atoms with Gasteiger partial charge in [0.2, 0.25) is 0 Å². The Morgan fingerprint density at radius 2 is 1.86 bits per heavy atom. The Labute approximate surface area is 138 Å². The van der Waals surface area contributed by atoms with Crippen molar-refractivity contribution in [3.05, 3.63) is 40.4 Å². The van der Waals surface area contributed by atoms with E-state index in [1.165, 1.54) is 0 Å². The summed E-state index contributed by atoms with van der Waals surface area (Å²) in [7, 11) is -0.390. The largest absolute Gasteiger partial charge is 0.491 e. The Morgan fingerprint density at radius 3 is 2.32 bits per heavy atom. The molecular formula is C17H22BNO2S. The molecule has 0 saturated carbocycles. The maximum atomic E-state index is 9.01. The molecule has 0 N–H and O–H groups in total. The summed E-state index contributed by atoms with van der Waals surface area (Å²) in [5, 5.41) is 9.01. The molecule has 0 spiro atoms. The third kappa shape index (κ3) is 3.25.